The minimum absolute atomic E-state index is 0.586. The van der Waals surface area contributed by atoms with E-state index in [9.17, 15) is 0 Å². The number of fused-ring (bicyclic) bond motifs is 1. The summed E-state index contributed by atoms with van der Waals surface area (Å²) in [5.41, 5.74) is 4.47. The zero-order chi connectivity index (χ0) is 12.4. The standard InChI is InChI=1S/C16H23NO/c1-12-2-3-14-4-5-16(15(14)10-12)17-11-13-6-8-18-9-7-13/h2-3,10,13,16-17H,4-9,11H2,1H3. The van der Waals surface area contributed by atoms with E-state index in [4.69, 9.17) is 4.74 Å². The van der Waals surface area contributed by atoms with Crippen molar-refractivity contribution in [1.29, 1.82) is 0 Å². The van der Waals surface area contributed by atoms with Crippen LogP contribution in [0.5, 0.6) is 0 Å². The molecule has 1 N–H and O–H groups in total. The zero-order valence-corrected chi connectivity index (χ0v) is 11.2. The minimum Gasteiger partial charge on any atom is -0.381 e. The van der Waals surface area contributed by atoms with E-state index in [1.54, 1.807) is 11.1 Å². The molecule has 1 aromatic rings. The number of hydrogen-bond acceptors (Lipinski definition) is 2. The number of rotatable bonds is 3. The first-order valence-corrected chi connectivity index (χ1v) is 7.23. The van der Waals surface area contributed by atoms with Crippen LogP contribution in [0.15, 0.2) is 18.2 Å². The highest BCUT2D eigenvalue weighted by Crippen LogP contribution is 2.32. The van der Waals surface area contributed by atoms with E-state index < -0.39 is 0 Å². The largest absolute Gasteiger partial charge is 0.381 e. The van der Waals surface area contributed by atoms with Crippen LogP contribution < -0.4 is 5.32 Å². The molecule has 2 heteroatoms. The van der Waals surface area contributed by atoms with Gasteiger partial charge < -0.3 is 10.1 Å². The molecule has 1 atom stereocenters. The highest BCUT2D eigenvalue weighted by Gasteiger charge is 2.23. The van der Waals surface area contributed by atoms with E-state index >= 15 is 0 Å². The molecule has 0 saturated carbocycles. The van der Waals surface area contributed by atoms with E-state index in [-0.39, 0.29) is 0 Å². The second-order valence-corrected chi connectivity index (χ2v) is 5.76. The van der Waals surface area contributed by atoms with Gasteiger partial charge in [0.15, 0.2) is 0 Å². The molecule has 1 aliphatic heterocycles. The van der Waals surface area contributed by atoms with Crippen LogP contribution in [0.4, 0.5) is 0 Å². The number of nitrogens with one attached hydrogen (secondary N) is 1. The topological polar surface area (TPSA) is 21.3 Å². The summed E-state index contributed by atoms with van der Waals surface area (Å²) in [4.78, 5) is 0. The molecular formula is C16H23NO. The first kappa shape index (κ1) is 12.2. The first-order valence-electron chi connectivity index (χ1n) is 7.23. The molecule has 1 saturated heterocycles. The molecule has 1 unspecified atom stereocenters. The maximum Gasteiger partial charge on any atom is 0.0469 e. The van der Waals surface area contributed by atoms with Gasteiger partial charge in [0.2, 0.25) is 0 Å². The summed E-state index contributed by atoms with van der Waals surface area (Å²) in [7, 11) is 0. The van der Waals surface area contributed by atoms with Gasteiger partial charge in [0.05, 0.1) is 0 Å². The molecular weight excluding hydrogens is 222 g/mol. The molecule has 98 valence electrons. The monoisotopic (exact) mass is 245 g/mol. The van der Waals surface area contributed by atoms with Crippen molar-refractivity contribution in [1.82, 2.24) is 5.32 Å². The number of hydrogen-bond donors (Lipinski definition) is 1. The fourth-order valence-corrected chi connectivity index (χ4v) is 3.19. The van der Waals surface area contributed by atoms with Crippen LogP contribution in [0.25, 0.3) is 0 Å². The summed E-state index contributed by atoms with van der Waals surface area (Å²) in [5.74, 6) is 0.813. The summed E-state index contributed by atoms with van der Waals surface area (Å²) >= 11 is 0. The van der Waals surface area contributed by atoms with Crippen LogP contribution >= 0.6 is 0 Å². The molecule has 1 aromatic carbocycles. The van der Waals surface area contributed by atoms with Crippen LogP contribution in [0.1, 0.15) is 42.0 Å². The van der Waals surface area contributed by atoms with E-state index in [0.717, 1.165) is 25.7 Å². The summed E-state index contributed by atoms with van der Waals surface area (Å²) in [6.45, 7) is 5.24. The smallest absolute Gasteiger partial charge is 0.0469 e. The van der Waals surface area contributed by atoms with Crippen molar-refractivity contribution in [3.8, 4) is 0 Å². The Morgan fingerprint density at radius 2 is 2.06 bits per heavy atom. The molecule has 1 aliphatic carbocycles. The zero-order valence-electron chi connectivity index (χ0n) is 11.2. The Balaban J connectivity index is 1.60. The molecule has 0 bridgehead atoms. The third-order valence-electron chi connectivity index (χ3n) is 4.37. The van der Waals surface area contributed by atoms with Crippen molar-refractivity contribution in [2.24, 2.45) is 5.92 Å². The van der Waals surface area contributed by atoms with Crippen molar-refractivity contribution in [2.75, 3.05) is 19.8 Å². The van der Waals surface area contributed by atoms with Gasteiger partial charge in [-0.05, 0) is 56.2 Å². The maximum atomic E-state index is 5.42. The molecule has 0 radical (unpaired) electrons. The second-order valence-electron chi connectivity index (χ2n) is 5.76. The van der Waals surface area contributed by atoms with Crippen molar-refractivity contribution in [3.05, 3.63) is 34.9 Å². The fraction of sp³-hybridized carbons (Fsp3) is 0.625. The molecule has 2 aliphatic rings. The molecule has 3 rings (SSSR count). The highest BCUT2D eigenvalue weighted by molar-refractivity contribution is 5.37. The maximum absolute atomic E-state index is 5.42. The predicted molar refractivity (Wildman–Crippen MR) is 73.8 cm³/mol. The Morgan fingerprint density at radius 1 is 1.22 bits per heavy atom. The van der Waals surface area contributed by atoms with E-state index in [2.05, 4.69) is 30.4 Å². The summed E-state index contributed by atoms with van der Waals surface area (Å²) in [6.07, 6.45) is 4.95. The van der Waals surface area contributed by atoms with Crippen molar-refractivity contribution in [2.45, 2.75) is 38.6 Å². The lowest BCUT2D eigenvalue weighted by Crippen LogP contribution is -2.29. The van der Waals surface area contributed by atoms with E-state index in [1.165, 1.54) is 31.2 Å². The summed E-state index contributed by atoms with van der Waals surface area (Å²) in [5, 5.41) is 3.78. The summed E-state index contributed by atoms with van der Waals surface area (Å²) in [6, 6.07) is 7.49. The lowest BCUT2D eigenvalue weighted by Gasteiger charge is -2.24. The third kappa shape index (κ3) is 2.60. The highest BCUT2D eigenvalue weighted by atomic mass is 16.5. The quantitative estimate of drug-likeness (QED) is 0.884. The first-order chi connectivity index (χ1) is 8.83. The van der Waals surface area contributed by atoms with Gasteiger partial charge in [-0.25, -0.2) is 0 Å². The Labute approximate surface area is 110 Å². The molecule has 0 spiro atoms. The number of aryl methyl sites for hydroxylation is 2. The normalized spacial score (nSPS) is 24.2. The Kier molecular flexibility index (Phi) is 3.67. The van der Waals surface area contributed by atoms with Gasteiger partial charge >= 0.3 is 0 Å². The van der Waals surface area contributed by atoms with Gasteiger partial charge in [-0.3, -0.25) is 0 Å². The lowest BCUT2D eigenvalue weighted by atomic mass is 9.99. The van der Waals surface area contributed by atoms with Gasteiger partial charge in [0.1, 0.15) is 0 Å². The van der Waals surface area contributed by atoms with Crippen LogP contribution in [-0.4, -0.2) is 19.8 Å². The minimum atomic E-state index is 0.586. The lowest BCUT2D eigenvalue weighted by molar-refractivity contribution is 0.0654. The van der Waals surface area contributed by atoms with Gasteiger partial charge in [0.25, 0.3) is 0 Å². The van der Waals surface area contributed by atoms with E-state index in [0.29, 0.717) is 6.04 Å². The Hall–Kier alpha value is -0.860. The predicted octanol–water partition coefficient (Wildman–Crippen LogP) is 3.00. The number of ether oxygens (including phenoxy) is 1. The van der Waals surface area contributed by atoms with Crippen LogP contribution in [0.3, 0.4) is 0 Å². The molecule has 0 aromatic heterocycles. The summed E-state index contributed by atoms with van der Waals surface area (Å²) < 4.78 is 5.42. The van der Waals surface area contributed by atoms with Crippen molar-refractivity contribution >= 4 is 0 Å². The van der Waals surface area contributed by atoms with Crippen LogP contribution in [0, 0.1) is 12.8 Å². The molecule has 2 nitrogen and oxygen atoms in total. The average Bonchev–Trinajstić information content (AvgIpc) is 2.80. The Morgan fingerprint density at radius 3 is 2.89 bits per heavy atom. The second kappa shape index (κ2) is 5.41. The van der Waals surface area contributed by atoms with Crippen LogP contribution in [-0.2, 0) is 11.2 Å². The van der Waals surface area contributed by atoms with Gasteiger partial charge in [-0.2, -0.15) is 0 Å². The number of benzene rings is 1. The van der Waals surface area contributed by atoms with Gasteiger partial charge in [0, 0.05) is 19.3 Å². The molecule has 1 heterocycles. The molecule has 18 heavy (non-hydrogen) atoms. The SMILES string of the molecule is Cc1ccc2c(c1)C(NCC1CCOCC1)CC2. The van der Waals surface area contributed by atoms with Crippen LogP contribution in [0.2, 0.25) is 0 Å². The molecule has 0 amide bonds. The average molecular weight is 245 g/mol. The molecule has 1 fully saturated rings. The van der Waals surface area contributed by atoms with Crippen molar-refractivity contribution < 1.29 is 4.74 Å². The fourth-order valence-electron chi connectivity index (χ4n) is 3.19. The Bertz CT molecular complexity index is 410. The van der Waals surface area contributed by atoms with Gasteiger partial charge in [-0.1, -0.05) is 23.8 Å². The van der Waals surface area contributed by atoms with Gasteiger partial charge in [-0.15, -0.1) is 0 Å². The third-order valence-corrected chi connectivity index (χ3v) is 4.37. The van der Waals surface area contributed by atoms with E-state index in [1.807, 2.05) is 0 Å². The van der Waals surface area contributed by atoms with Crippen molar-refractivity contribution in [3.63, 3.8) is 0 Å².